The van der Waals surface area contributed by atoms with Crippen molar-refractivity contribution in [1.82, 2.24) is 4.98 Å². The fourth-order valence-corrected chi connectivity index (χ4v) is 3.68. The Morgan fingerprint density at radius 1 is 1.03 bits per heavy atom. The number of carbonyl (C=O) groups excluding carboxylic acids is 1. The van der Waals surface area contributed by atoms with Crippen LogP contribution >= 0.6 is 0 Å². The molecule has 1 N–H and O–H groups in total. The highest BCUT2D eigenvalue weighted by atomic mass is 16.5. The van der Waals surface area contributed by atoms with Crippen molar-refractivity contribution in [1.29, 1.82) is 0 Å². The van der Waals surface area contributed by atoms with Gasteiger partial charge in [-0.2, -0.15) is 0 Å². The molecule has 0 spiro atoms. The lowest BCUT2D eigenvalue weighted by atomic mass is 9.87. The maximum absolute atomic E-state index is 12.5. The normalized spacial score (nSPS) is 15.3. The zero-order valence-electron chi connectivity index (χ0n) is 16.9. The Balaban J connectivity index is 1.45. The van der Waals surface area contributed by atoms with Gasteiger partial charge in [0.05, 0.1) is 25.7 Å². The summed E-state index contributed by atoms with van der Waals surface area (Å²) in [6, 6.07) is 17.1. The van der Waals surface area contributed by atoms with E-state index in [1.54, 1.807) is 20.1 Å². The summed E-state index contributed by atoms with van der Waals surface area (Å²) in [6.07, 6.45) is 0.916. The molecule has 0 amide bonds. The second kappa shape index (κ2) is 8.45. The van der Waals surface area contributed by atoms with Crippen LogP contribution < -0.4 is 19.8 Å². The van der Waals surface area contributed by atoms with Crippen molar-refractivity contribution in [2.75, 3.05) is 13.7 Å². The molecule has 0 radical (unpaired) electrons. The molecule has 0 aliphatic carbocycles. The van der Waals surface area contributed by atoms with E-state index in [2.05, 4.69) is 4.98 Å². The van der Waals surface area contributed by atoms with Crippen molar-refractivity contribution in [2.24, 2.45) is 0 Å². The lowest BCUT2D eigenvalue weighted by molar-refractivity contribution is -0.135. The molecular weight excluding hydrogens is 382 g/mol. The number of rotatable bonds is 6. The van der Waals surface area contributed by atoms with Crippen LogP contribution in [0.2, 0.25) is 0 Å². The number of carbonyl (C=O) groups is 1. The van der Waals surface area contributed by atoms with Gasteiger partial charge in [0.25, 0.3) is 5.56 Å². The molecule has 0 fully saturated rings. The van der Waals surface area contributed by atoms with Crippen LogP contribution in [-0.4, -0.2) is 24.7 Å². The molecule has 2 aromatic carbocycles. The number of H-pyrrole nitrogens is 1. The first kappa shape index (κ1) is 19.8. The van der Waals surface area contributed by atoms with E-state index < -0.39 is 0 Å². The van der Waals surface area contributed by atoms with Gasteiger partial charge in [-0.3, -0.25) is 9.59 Å². The van der Waals surface area contributed by atoms with E-state index in [1.165, 1.54) is 5.56 Å². The highest BCUT2D eigenvalue weighted by Crippen LogP contribution is 2.37. The highest BCUT2D eigenvalue weighted by molar-refractivity contribution is 5.77. The number of hydrogen-bond donors (Lipinski definition) is 1. The molecule has 6 nitrogen and oxygen atoms in total. The van der Waals surface area contributed by atoms with Crippen molar-refractivity contribution in [3.05, 3.63) is 87.3 Å². The third-order valence-corrected chi connectivity index (χ3v) is 5.21. The van der Waals surface area contributed by atoms with Crippen LogP contribution in [0.15, 0.2) is 59.4 Å². The van der Waals surface area contributed by atoms with Gasteiger partial charge in [-0.25, -0.2) is 0 Å². The zero-order valence-corrected chi connectivity index (χ0v) is 16.9. The van der Waals surface area contributed by atoms with E-state index >= 15 is 0 Å². The number of esters is 1. The number of benzene rings is 2. The van der Waals surface area contributed by atoms with Crippen molar-refractivity contribution < 1.29 is 19.0 Å². The summed E-state index contributed by atoms with van der Waals surface area (Å²) < 4.78 is 16.3. The number of hydrogen-bond acceptors (Lipinski definition) is 5. The first-order chi connectivity index (χ1) is 14.5. The predicted octanol–water partition coefficient (Wildman–Crippen LogP) is 3.75. The van der Waals surface area contributed by atoms with Crippen LogP contribution in [0.5, 0.6) is 17.2 Å². The third-order valence-electron chi connectivity index (χ3n) is 5.21. The van der Waals surface area contributed by atoms with E-state index in [0.717, 1.165) is 23.5 Å². The molecule has 1 aliphatic rings. The number of aromatic amines is 1. The van der Waals surface area contributed by atoms with Gasteiger partial charge in [0.15, 0.2) is 0 Å². The highest BCUT2D eigenvalue weighted by Gasteiger charge is 2.31. The fourth-order valence-electron chi connectivity index (χ4n) is 3.68. The average molecular weight is 405 g/mol. The molecule has 1 aromatic heterocycles. The minimum atomic E-state index is -0.336. The Bertz CT molecular complexity index is 1100. The Labute approximate surface area is 174 Å². The summed E-state index contributed by atoms with van der Waals surface area (Å²) in [5, 5.41) is 0. The van der Waals surface area contributed by atoms with E-state index in [0.29, 0.717) is 23.6 Å². The summed E-state index contributed by atoms with van der Waals surface area (Å²) in [5.74, 6) is 1.25. The van der Waals surface area contributed by atoms with Gasteiger partial charge in [0.1, 0.15) is 17.2 Å². The Kier molecular flexibility index (Phi) is 5.57. The SMILES string of the molecule is COc1ccc(CCOc2ccc([C@H]3CC(=O)Oc4cc(C)[nH]c(=O)c43)cc2)cc1. The summed E-state index contributed by atoms with van der Waals surface area (Å²) in [7, 11) is 1.65. The summed E-state index contributed by atoms with van der Waals surface area (Å²) in [4.78, 5) is 27.3. The second-order valence-corrected chi connectivity index (χ2v) is 7.31. The molecule has 0 saturated carbocycles. The van der Waals surface area contributed by atoms with Gasteiger partial charge < -0.3 is 19.2 Å². The number of ether oxygens (including phenoxy) is 3. The molecule has 0 unspecified atom stereocenters. The molecule has 1 atom stereocenters. The number of nitrogens with one attached hydrogen (secondary N) is 1. The van der Waals surface area contributed by atoms with Gasteiger partial charge in [0.2, 0.25) is 0 Å². The van der Waals surface area contributed by atoms with E-state index in [1.807, 2.05) is 48.5 Å². The standard InChI is InChI=1S/C24H23NO5/c1-15-13-21-23(24(27)25-15)20(14-22(26)30-21)17-5-9-19(10-6-17)29-12-11-16-3-7-18(28-2)8-4-16/h3-10,13,20H,11-12,14H2,1-2H3,(H,25,27)/t20-/m1/s1. The smallest absolute Gasteiger partial charge is 0.312 e. The molecule has 6 heteroatoms. The molecule has 0 saturated heterocycles. The van der Waals surface area contributed by atoms with Crippen LogP contribution in [0, 0.1) is 6.92 Å². The van der Waals surface area contributed by atoms with Gasteiger partial charge in [-0.15, -0.1) is 0 Å². The maximum Gasteiger partial charge on any atom is 0.312 e. The molecule has 30 heavy (non-hydrogen) atoms. The van der Waals surface area contributed by atoms with Gasteiger partial charge in [0, 0.05) is 24.1 Å². The minimum absolute atomic E-state index is 0.136. The first-order valence-corrected chi connectivity index (χ1v) is 9.83. The summed E-state index contributed by atoms with van der Waals surface area (Å²) in [6.45, 7) is 2.31. The summed E-state index contributed by atoms with van der Waals surface area (Å²) >= 11 is 0. The van der Waals surface area contributed by atoms with Crippen LogP contribution in [0.3, 0.4) is 0 Å². The number of fused-ring (bicyclic) bond motifs is 1. The Morgan fingerprint density at radius 3 is 2.43 bits per heavy atom. The molecule has 154 valence electrons. The zero-order chi connectivity index (χ0) is 21.1. The maximum atomic E-state index is 12.5. The minimum Gasteiger partial charge on any atom is -0.497 e. The summed E-state index contributed by atoms with van der Waals surface area (Å²) in [5.41, 5.74) is 2.98. The molecule has 0 bridgehead atoms. The van der Waals surface area contributed by atoms with Crippen LogP contribution in [0.4, 0.5) is 0 Å². The molecule has 2 heterocycles. The van der Waals surface area contributed by atoms with Crippen molar-refractivity contribution >= 4 is 5.97 Å². The second-order valence-electron chi connectivity index (χ2n) is 7.31. The first-order valence-electron chi connectivity index (χ1n) is 9.83. The van der Waals surface area contributed by atoms with Gasteiger partial charge >= 0.3 is 5.97 Å². The lowest BCUT2D eigenvalue weighted by Crippen LogP contribution is -2.28. The van der Waals surface area contributed by atoms with E-state index in [9.17, 15) is 9.59 Å². The quantitative estimate of drug-likeness (QED) is 0.632. The van der Waals surface area contributed by atoms with Gasteiger partial charge in [-0.1, -0.05) is 24.3 Å². The lowest BCUT2D eigenvalue weighted by Gasteiger charge is -2.24. The predicted molar refractivity (Wildman–Crippen MR) is 113 cm³/mol. The van der Waals surface area contributed by atoms with E-state index in [-0.39, 0.29) is 23.9 Å². The van der Waals surface area contributed by atoms with Crippen LogP contribution in [0.25, 0.3) is 0 Å². The number of aromatic nitrogens is 1. The van der Waals surface area contributed by atoms with Crippen molar-refractivity contribution in [3.8, 4) is 17.2 Å². The average Bonchev–Trinajstić information content (AvgIpc) is 2.73. The third kappa shape index (κ3) is 4.22. The fraction of sp³-hybridized carbons (Fsp3) is 0.250. The molecule has 4 rings (SSSR count). The topological polar surface area (TPSA) is 77.6 Å². The van der Waals surface area contributed by atoms with Crippen molar-refractivity contribution in [3.63, 3.8) is 0 Å². The van der Waals surface area contributed by atoms with E-state index in [4.69, 9.17) is 14.2 Å². The molecular formula is C24H23NO5. The molecule has 1 aliphatic heterocycles. The molecule has 3 aromatic rings. The van der Waals surface area contributed by atoms with Gasteiger partial charge in [-0.05, 0) is 42.3 Å². The number of pyridine rings is 1. The largest absolute Gasteiger partial charge is 0.497 e. The Hall–Kier alpha value is -3.54. The monoisotopic (exact) mass is 405 g/mol. The van der Waals surface area contributed by atoms with Crippen molar-refractivity contribution in [2.45, 2.75) is 25.7 Å². The number of aryl methyl sites for hydroxylation is 1. The van der Waals surface area contributed by atoms with Crippen LogP contribution in [-0.2, 0) is 11.2 Å². The Morgan fingerprint density at radius 2 is 1.73 bits per heavy atom. The van der Waals surface area contributed by atoms with Crippen LogP contribution in [0.1, 0.15) is 34.7 Å². The number of methoxy groups -OCH3 is 1.